The molecule has 0 saturated heterocycles. The van der Waals surface area contributed by atoms with Crippen LogP contribution in [0.1, 0.15) is 17.4 Å². The number of nitrogens with zero attached hydrogens (tertiary/aromatic N) is 2. The largest absolute Gasteiger partial charge is 0.368 e. The van der Waals surface area contributed by atoms with Gasteiger partial charge in [-0.3, -0.25) is 9.00 Å². The Morgan fingerprint density at radius 2 is 2.25 bits per heavy atom. The highest BCUT2D eigenvalue weighted by molar-refractivity contribution is 7.84. The van der Waals surface area contributed by atoms with Crippen LogP contribution >= 0.6 is 0 Å². The molecule has 0 aliphatic carbocycles. The lowest BCUT2D eigenvalue weighted by atomic mass is 10.4. The van der Waals surface area contributed by atoms with Gasteiger partial charge in [0, 0.05) is 28.9 Å². The maximum absolute atomic E-state index is 11.1. The normalized spacial score (nSPS) is 12.1. The van der Waals surface area contributed by atoms with Gasteiger partial charge in [0.1, 0.15) is 5.82 Å². The smallest absolute Gasteiger partial charge is 0.269 e. The van der Waals surface area contributed by atoms with Gasteiger partial charge in [-0.05, 0) is 12.1 Å². The van der Waals surface area contributed by atoms with Gasteiger partial charge in [0.2, 0.25) is 0 Å². The molecular formula is C9H14N4O2S. The predicted molar refractivity (Wildman–Crippen MR) is 62.6 cm³/mol. The van der Waals surface area contributed by atoms with E-state index in [4.69, 9.17) is 5.73 Å². The maximum Gasteiger partial charge on any atom is 0.269 e. The van der Waals surface area contributed by atoms with E-state index < -0.39 is 16.7 Å². The SMILES string of the molecule is CCS(=O)CCNc1ccc(C(N)=O)nn1. The summed E-state index contributed by atoms with van der Waals surface area (Å²) in [6.45, 7) is 2.43. The molecule has 3 N–H and O–H groups in total. The summed E-state index contributed by atoms with van der Waals surface area (Å²) in [6.07, 6.45) is 0. The molecule has 0 aliphatic heterocycles. The molecule has 0 bridgehead atoms. The van der Waals surface area contributed by atoms with E-state index in [0.717, 1.165) is 0 Å². The van der Waals surface area contributed by atoms with E-state index in [1.165, 1.54) is 6.07 Å². The number of carbonyl (C=O) groups excluding carboxylic acids is 1. The number of rotatable bonds is 6. The molecule has 1 aromatic heterocycles. The molecule has 1 unspecified atom stereocenters. The second kappa shape index (κ2) is 6.16. The van der Waals surface area contributed by atoms with Crippen molar-refractivity contribution in [3.63, 3.8) is 0 Å². The van der Waals surface area contributed by atoms with E-state index in [-0.39, 0.29) is 5.69 Å². The van der Waals surface area contributed by atoms with Gasteiger partial charge in [0.15, 0.2) is 5.69 Å². The molecule has 0 spiro atoms. The first-order valence-electron chi connectivity index (χ1n) is 4.86. The Morgan fingerprint density at radius 3 is 2.75 bits per heavy atom. The lowest BCUT2D eigenvalue weighted by molar-refractivity contribution is 0.0994. The molecule has 0 aromatic carbocycles. The van der Waals surface area contributed by atoms with Crippen molar-refractivity contribution in [1.82, 2.24) is 10.2 Å². The number of hydrogen-bond acceptors (Lipinski definition) is 5. The number of amides is 1. The first-order chi connectivity index (χ1) is 7.63. The lowest BCUT2D eigenvalue weighted by Gasteiger charge is -2.03. The summed E-state index contributed by atoms with van der Waals surface area (Å²) in [6, 6.07) is 3.11. The molecule has 88 valence electrons. The first kappa shape index (κ1) is 12.6. The number of aromatic nitrogens is 2. The molecule has 1 aromatic rings. The second-order valence-corrected chi connectivity index (χ2v) is 4.89. The molecule has 16 heavy (non-hydrogen) atoms. The Morgan fingerprint density at radius 1 is 1.50 bits per heavy atom. The molecule has 7 heteroatoms. The first-order valence-corrected chi connectivity index (χ1v) is 6.34. The van der Waals surface area contributed by atoms with Crippen LogP contribution in [-0.2, 0) is 10.8 Å². The summed E-state index contributed by atoms with van der Waals surface area (Å²) in [4.78, 5) is 10.7. The van der Waals surface area contributed by atoms with Crippen LogP contribution in [0.2, 0.25) is 0 Å². The van der Waals surface area contributed by atoms with E-state index in [1.54, 1.807) is 6.07 Å². The maximum atomic E-state index is 11.1. The molecule has 1 rings (SSSR count). The molecule has 1 atom stereocenters. The van der Waals surface area contributed by atoms with E-state index >= 15 is 0 Å². The van der Waals surface area contributed by atoms with Crippen LogP contribution in [-0.4, -0.2) is 38.4 Å². The Labute approximate surface area is 96.1 Å². The molecule has 0 aliphatic rings. The molecule has 1 heterocycles. The minimum absolute atomic E-state index is 0.127. The van der Waals surface area contributed by atoms with Crippen LogP contribution in [0.15, 0.2) is 12.1 Å². The fraction of sp³-hybridized carbons (Fsp3) is 0.444. The molecule has 6 nitrogen and oxygen atoms in total. The highest BCUT2D eigenvalue weighted by Gasteiger charge is 2.02. The van der Waals surface area contributed by atoms with E-state index in [9.17, 15) is 9.00 Å². The standard InChI is InChI=1S/C9H14N4O2S/c1-2-16(15)6-5-11-8-4-3-7(9(10)14)12-13-8/h3-4H,2,5-6H2,1H3,(H2,10,14)(H,11,13). The predicted octanol–water partition coefficient (Wildman–Crippen LogP) is -0.244. The number of hydrogen-bond donors (Lipinski definition) is 2. The van der Waals surface area contributed by atoms with Crippen molar-refractivity contribution < 1.29 is 9.00 Å². The fourth-order valence-electron chi connectivity index (χ4n) is 0.995. The lowest BCUT2D eigenvalue weighted by Crippen LogP contribution is -2.16. The summed E-state index contributed by atoms with van der Waals surface area (Å²) >= 11 is 0. The van der Waals surface area contributed by atoms with Crippen molar-refractivity contribution in [1.29, 1.82) is 0 Å². The molecular weight excluding hydrogens is 228 g/mol. The molecule has 0 radical (unpaired) electrons. The third-order valence-corrected chi connectivity index (χ3v) is 3.18. The summed E-state index contributed by atoms with van der Waals surface area (Å²) in [7, 11) is -0.797. The summed E-state index contributed by atoms with van der Waals surface area (Å²) < 4.78 is 11.1. The summed E-state index contributed by atoms with van der Waals surface area (Å²) in [5.41, 5.74) is 5.15. The van der Waals surface area contributed by atoms with Gasteiger partial charge in [0.05, 0.1) is 0 Å². The second-order valence-electron chi connectivity index (χ2n) is 3.03. The fourth-order valence-corrected chi connectivity index (χ4v) is 1.61. The third kappa shape index (κ3) is 3.93. The third-order valence-electron chi connectivity index (χ3n) is 1.87. The van der Waals surface area contributed by atoms with Crippen molar-refractivity contribution in [2.45, 2.75) is 6.92 Å². The molecule has 1 amide bonds. The average Bonchev–Trinajstić information content (AvgIpc) is 2.29. The minimum Gasteiger partial charge on any atom is -0.368 e. The van der Waals surface area contributed by atoms with Gasteiger partial charge in [-0.25, -0.2) is 0 Å². The molecule has 0 fully saturated rings. The number of nitrogens with two attached hydrogens (primary N) is 1. The van der Waals surface area contributed by atoms with Crippen molar-refractivity contribution in [3.05, 3.63) is 17.8 Å². The van der Waals surface area contributed by atoms with Crippen molar-refractivity contribution in [3.8, 4) is 0 Å². The van der Waals surface area contributed by atoms with E-state index in [1.807, 2.05) is 6.92 Å². The van der Waals surface area contributed by atoms with Crippen LogP contribution in [0.4, 0.5) is 5.82 Å². The summed E-state index contributed by atoms with van der Waals surface area (Å²) in [5, 5.41) is 10.4. The minimum atomic E-state index is -0.797. The van der Waals surface area contributed by atoms with Crippen molar-refractivity contribution in [2.24, 2.45) is 5.73 Å². The number of carbonyl (C=O) groups is 1. The van der Waals surface area contributed by atoms with Gasteiger partial charge in [0.25, 0.3) is 5.91 Å². The van der Waals surface area contributed by atoms with Crippen LogP contribution in [0.25, 0.3) is 0 Å². The van der Waals surface area contributed by atoms with E-state index in [2.05, 4.69) is 15.5 Å². The topological polar surface area (TPSA) is 98.0 Å². The number of primary amides is 1. The number of anilines is 1. The van der Waals surface area contributed by atoms with Crippen LogP contribution in [0.5, 0.6) is 0 Å². The van der Waals surface area contributed by atoms with Gasteiger partial charge in [-0.1, -0.05) is 6.92 Å². The van der Waals surface area contributed by atoms with Crippen LogP contribution in [0, 0.1) is 0 Å². The Kier molecular flexibility index (Phi) is 4.84. The van der Waals surface area contributed by atoms with Crippen LogP contribution < -0.4 is 11.1 Å². The summed E-state index contributed by atoms with van der Waals surface area (Å²) in [5.74, 6) is 1.15. The van der Waals surface area contributed by atoms with Crippen molar-refractivity contribution >= 4 is 22.5 Å². The highest BCUT2D eigenvalue weighted by Crippen LogP contribution is 2.00. The average molecular weight is 242 g/mol. The Balaban J connectivity index is 2.43. The Bertz CT molecular complexity index is 380. The zero-order valence-corrected chi connectivity index (χ0v) is 9.79. The van der Waals surface area contributed by atoms with Crippen LogP contribution in [0.3, 0.4) is 0 Å². The Hall–Kier alpha value is -1.50. The molecule has 0 saturated carbocycles. The number of nitrogens with one attached hydrogen (secondary N) is 1. The monoisotopic (exact) mass is 242 g/mol. The quantitative estimate of drug-likeness (QED) is 0.717. The van der Waals surface area contributed by atoms with E-state index in [0.29, 0.717) is 23.9 Å². The zero-order chi connectivity index (χ0) is 12.0. The highest BCUT2D eigenvalue weighted by atomic mass is 32.2. The van der Waals surface area contributed by atoms with Gasteiger partial charge < -0.3 is 11.1 Å². The van der Waals surface area contributed by atoms with Gasteiger partial charge >= 0.3 is 0 Å². The van der Waals surface area contributed by atoms with Crippen molar-refractivity contribution in [2.75, 3.05) is 23.4 Å². The van der Waals surface area contributed by atoms with Gasteiger partial charge in [-0.2, -0.15) is 0 Å². The zero-order valence-electron chi connectivity index (χ0n) is 8.97. The van der Waals surface area contributed by atoms with Gasteiger partial charge in [-0.15, -0.1) is 10.2 Å².